The summed E-state index contributed by atoms with van der Waals surface area (Å²) >= 11 is 0. The van der Waals surface area contributed by atoms with E-state index in [0.29, 0.717) is 67.6 Å². The Morgan fingerprint density at radius 3 is 2.26 bits per heavy atom. The fourth-order valence-electron chi connectivity index (χ4n) is 6.06. The highest BCUT2D eigenvalue weighted by atomic mass is 16.5. The lowest BCUT2D eigenvalue weighted by molar-refractivity contribution is -0.125. The number of carbonyl (C=O) groups is 3. The van der Waals surface area contributed by atoms with Gasteiger partial charge in [0.25, 0.3) is 11.8 Å². The Bertz CT molecular complexity index is 1180. The van der Waals surface area contributed by atoms with E-state index in [1.165, 1.54) is 24.2 Å². The summed E-state index contributed by atoms with van der Waals surface area (Å²) in [6, 6.07) is 11.1. The van der Waals surface area contributed by atoms with E-state index in [9.17, 15) is 14.4 Å². The normalized spacial score (nSPS) is 18.5. The Labute approximate surface area is 224 Å². The molecule has 2 aromatic carbocycles. The molecule has 0 unspecified atom stereocenters. The number of rotatable bonds is 8. The molecule has 0 bridgehead atoms. The minimum Gasteiger partial charge on any atom is -0.497 e. The summed E-state index contributed by atoms with van der Waals surface area (Å²) in [6.07, 6.45) is 7.13. The van der Waals surface area contributed by atoms with Crippen molar-refractivity contribution in [2.24, 2.45) is 11.8 Å². The first-order valence-corrected chi connectivity index (χ1v) is 13.7. The number of carbonyl (C=O) groups excluding carboxylic acids is 3. The van der Waals surface area contributed by atoms with Crippen molar-refractivity contribution in [1.82, 2.24) is 10.2 Å². The van der Waals surface area contributed by atoms with E-state index in [2.05, 4.69) is 10.2 Å². The summed E-state index contributed by atoms with van der Waals surface area (Å²) in [5.74, 6) is 1.36. The van der Waals surface area contributed by atoms with Crippen LogP contribution in [0.15, 0.2) is 36.4 Å². The molecule has 5 rings (SSSR count). The molecule has 2 aromatic rings. The van der Waals surface area contributed by atoms with Crippen LogP contribution in [0.5, 0.6) is 11.5 Å². The van der Waals surface area contributed by atoms with Gasteiger partial charge in [-0.25, -0.2) is 0 Å². The van der Waals surface area contributed by atoms with Gasteiger partial charge in [-0.1, -0.05) is 25.3 Å². The van der Waals surface area contributed by atoms with Gasteiger partial charge in [0, 0.05) is 38.2 Å². The average Bonchev–Trinajstić information content (AvgIpc) is 3.21. The largest absolute Gasteiger partial charge is 0.497 e. The predicted molar refractivity (Wildman–Crippen MR) is 145 cm³/mol. The molecule has 2 aliphatic heterocycles. The molecular weight excluding hydrogens is 482 g/mol. The highest BCUT2D eigenvalue weighted by Gasteiger charge is 2.40. The van der Waals surface area contributed by atoms with Crippen LogP contribution in [0.3, 0.4) is 0 Å². The number of piperidine rings is 1. The Morgan fingerprint density at radius 1 is 0.921 bits per heavy atom. The van der Waals surface area contributed by atoms with Crippen LogP contribution in [0, 0.1) is 11.8 Å². The molecule has 38 heavy (non-hydrogen) atoms. The van der Waals surface area contributed by atoms with E-state index in [0.717, 1.165) is 24.1 Å². The third-order valence-electron chi connectivity index (χ3n) is 8.23. The summed E-state index contributed by atoms with van der Waals surface area (Å²) < 4.78 is 10.6. The van der Waals surface area contributed by atoms with Gasteiger partial charge in [-0.15, -0.1) is 0 Å². The fourth-order valence-corrected chi connectivity index (χ4v) is 6.06. The van der Waals surface area contributed by atoms with Crippen LogP contribution in [0.1, 0.15) is 71.2 Å². The van der Waals surface area contributed by atoms with Crippen LogP contribution in [-0.4, -0.2) is 56.5 Å². The molecule has 8 heteroatoms. The quantitative estimate of drug-likeness (QED) is 0.520. The molecule has 202 valence electrons. The fraction of sp³-hybridized carbons (Fsp3) is 0.500. The van der Waals surface area contributed by atoms with E-state index in [4.69, 9.17) is 9.47 Å². The number of nitrogens with one attached hydrogen (secondary N) is 1. The van der Waals surface area contributed by atoms with Gasteiger partial charge >= 0.3 is 0 Å². The molecular formula is C30H37N3O5. The third kappa shape index (κ3) is 5.35. The SMILES string of the molecule is COc1cc(CNC(=O)C2CCN(c3cccc4c3C(=O)N(CC3CCCCC3)C4=O)CC2)cc(OC)c1. The lowest BCUT2D eigenvalue weighted by Gasteiger charge is -2.34. The van der Waals surface area contributed by atoms with Crippen LogP contribution in [0.4, 0.5) is 5.69 Å². The van der Waals surface area contributed by atoms with Gasteiger partial charge in [0.1, 0.15) is 11.5 Å². The summed E-state index contributed by atoms with van der Waals surface area (Å²) in [4.78, 5) is 43.1. The lowest BCUT2D eigenvalue weighted by Crippen LogP contribution is -2.41. The molecule has 2 heterocycles. The summed E-state index contributed by atoms with van der Waals surface area (Å²) in [5, 5.41) is 3.05. The molecule has 0 atom stereocenters. The molecule has 0 aromatic heterocycles. The second-order valence-corrected chi connectivity index (χ2v) is 10.6. The van der Waals surface area contributed by atoms with Crippen molar-refractivity contribution in [3.8, 4) is 11.5 Å². The smallest absolute Gasteiger partial charge is 0.263 e. The Morgan fingerprint density at radius 2 is 1.61 bits per heavy atom. The molecule has 3 amide bonds. The molecule has 8 nitrogen and oxygen atoms in total. The number of hydrogen-bond donors (Lipinski definition) is 1. The van der Waals surface area contributed by atoms with Crippen LogP contribution < -0.4 is 19.7 Å². The van der Waals surface area contributed by atoms with Crippen molar-refractivity contribution in [1.29, 1.82) is 0 Å². The summed E-state index contributed by atoms with van der Waals surface area (Å²) in [7, 11) is 3.20. The van der Waals surface area contributed by atoms with E-state index >= 15 is 0 Å². The second-order valence-electron chi connectivity index (χ2n) is 10.6. The molecule has 1 saturated heterocycles. The van der Waals surface area contributed by atoms with Crippen molar-refractivity contribution in [2.75, 3.05) is 38.8 Å². The minimum atomic E-state index is -0.167. The molecule has 0 spiro atoms. The Hall–Kier alpha value is -3.55. The van der Waals surface area contributed by atoms with Gasteiger partial charge in [0.05, 0.1) is 31.0 Å². The molecule has 1 N–H and O–H groups in total. The Kier molecular flexibility index (Phi) is 7.86. The number of fused-ring (bicyclic) bond motifs is 1. The molecule has 3 aliphatic rings. The standard InChI is InChI=1S/C30H37N3O5/c1-37-23-15-21(16-24(17-23)38-2)18-31-28(34)22-11-13-32(14-12-22)26-10-6-9-25-27(26)30(36)33(29(25)35)19-20-7-4-3-5-8-20/h6,9-10,15-17,20,22H,3-5,7-8,11-14,18-19H2,1-2H3,(H,31,34). The molecule has 1 saturated carbocycles. The average molecular weight is 520 g/mol. The van der Waals surface area contributed by atoms with E-state index < -0.39 is 0 Å². The summed E-state index contributed by atoms with van der Waals surface area (Å²) in [5.41, 5.74) is 2.77. The number of imide groups is 1. The first kappa shape index (κ1) is 26.1. The monoisotopic (exact) mass is 519 g/mol. The van der Waals surface area contributed by atoms with Gasteiger partial charge in [-0.2, -0.15) is 0 Å². The molecule has 2 fully saturated rings. The molecule has 1 aliphatic carbocycles. The topological polar surface area (TPSA) is 88.2 Å². The number of anilines is 1. The highest BCUT2D eigenvalue weighted by Crippen LogP contribution is 2.35. The number of hydrogen-bond acceptors (Lipinski definition) is 6. The van der Waals surface area contributed by atoms with E-state index in [-0.39, 0.29) is 23.6 Å². The second kappa shape index (κ2) is 11.5. The number of benzene rings is 2. The van der Waals surface area contributed by atoms with Crippen LogP contribution in [-0.2, 0) is 11.3 Å². The van der Waals surface area contributed by atoms with Crippen molar-refractivity contribution in [2.45, 2.75) is 51.5 Å². The Balaban J connectivity index is 1.20. The van der Waals surface area contributed by atoms with Crippen LogP contribution >= 0.6 is 0 Å². The number of nitrogens with zero attached hydrogens (tertiary/aromatic N) is 2. The number of amides is 3. The highest BCUT2D eigenvalue weighted by molar-refractivity contribution is 6.23. The number of ether oxygens (including phenoxy) is 2. The predicted octanol–water partition coefficient (Wildman–Crippen LogP) is 4.41. The minimum absolute atomic E-state index is 0.0228. The molecule has 0 radical (unpaired) electrons. The maximum atomic E-state index is 13.4. The van der Waals surface area contributed by atoms with Gasteiger partial charge in [0.15, 0.2) is 0 Å². The van der Waals surface area contributed by atoms with Gasteiger partial charge in [0.2, 0.25) is 5.91 Å². The maximum absolute atomic E-state index is 13.4. The number of methoxy groups -OCH3 is 2. The van der Waals surface area contributed by atoms with Gasteiger partial charge in [-0.05, 0) is 61.4 Å². The van der Waals surface area contributed by atoms with E-state index in [1.54, 1.807) is 26.4 Å². The van der Waals surface area contributed by atoms with Gasteiger partial charge < -0.3 is 19.7 Å². The van der Waals surface area contributed by atoms with Crippen LogP contribution in [0.2, 0.25) is 0 Å². The third-order valence-corrected chi connectivity index (χ3v) is 8.23. The van der Waals surface area contributed by atoms with Gasteiger partial charge in [-0.3, -0.25) is 19.3 Å². The summed E-state index contributed by atoms with van der Waals surface area (Å²) in [6.45, 7) is 2.23. The van der Waals surface area contributed by atoms with E-state index in [1.807, 2.05) is 24.3 Å². The first-order chi connectivity index (χ1) is 18.5. The lowest BCUT2D eigenvalue weighted by atomic mass is 9.89. The van der Waals surface area contributed by atoms with Crippen molar-refractivity contribution in [3.05, 3.63) is 53.1 Å². The zero-order valence-corrected chi connectivity index (χ0v) is 22.3. The van der Waals surface area contributed by atoms with Crippen molar-refractivity contribution < 1.29 is 23.9 Å². The van der Waals surface area contributed by atoms with Crippen molar-refractivity contribution >= 4 is 23.4 Å². The first-order valence-electron chi connectivity index (χ1n) is 13.7. The van der Waals surface area contributed by atoms with Crippen LogP contribution in [0.25, 0.3) is 0 Å². The van der Waals surface area contributed by atoms with Crippen molar-refractivity contribution in [3.63, 3.8) is 0 Å². The maximum Gasteiger partial charge on any atom is 0.263 e. The zero-order valence-electron chi connectivity index (χ0n) is 22.3. The zero-order chi connectivity index (χ0) is 26.6.